The zero-order valence-electron chi connectivity index (χ0n) is 12.3. The topological polar surface area (TPSA) is 56.1 Å². The van der Waals surface area contributed by atoms with Crippen LogP contribution in [-0.4, -0.2) is 28.6 Å². The van der Waals surface area contributed by atoms with Gasteiger partial charge in [0.15, 0.2) is 0 Å². The zero-order valence-corrected chi connectivity index (χ0v) is 12.3. The number of hydrogen-bond donors (Lipinski definition) is 1. The number of fused-ring (bicyclic) bond motifs is 1. The number of amides is 1. The Hall–Kier alpha value is -2.30. The Morgan fingerprint density at radius 3 is 3.05 bits per heavy atom. The average Bonchev–Trinajstić information content (AvgIpc) is 3.04. The number of aryl methyl sites for hydroxylation is 1. The molecule has 1 aromatic carbocycles. The van der Waals surface area contributed by atoms with Gasteiger partial charge in [-0.05, 0) is 37.0 Å². The normalized spacial score (nSPS) is 16.6. The van der Waals surface area contributed by atoms with Crippen molar-refractivity contribution in [2.75, 3.05) is 7.11 Å². The van der Waals surface area contributed by atoms with E-state index in [4.69, 9.17) is 4.74 Å². The summed E-state index contributed by atoms with van der Waals surface area (Å²) in [6.07, 6.45) is 5.22. The Labute approximate surface area is 124 Å². The lowest BCUT2D eigenvalue weighted by atomic mass is 10.1. The molecule has 0 saturated heterocycles. The highest BCUT2D eigenvalue weighted by Crippen LogP contribution is 2.30. The van der Waals surface area contributed by atoms with Crippen molar-refractivity contribution in [3.05, 3.63) is 47.5 Å². The molecule has 2 aromatic rings. The van der Waals surface area contributed by atoms with E-state index in [0.29, 0.717) is 6.54 Å². The third-order valence-corrected chi connectivity index (χ3v) is 3.97. The van der Waals surface area contributed by atoms with E-state index in [2.05, 4.69) is 16.4 Å². The number of methoxy groups -OCH3 is 1. The highest BCUT2D eigenvalue weighted by Gasteiger charge is 2.25. The van der Waals surface area contributed by atoms with Crippen molar-refractivity contribution in [1.82, 2.24) is 14.9 Å². The Bertz CT molecular complexity index is 663. The van der Waals surface area contributed by atoms with Gasteiger partial charge in [-0.25, -0.2) is 4.98 Å². The van der Waals surface area contributed by atoms with Crippen LogP contribution in [0.5, 0.6) is 5.75 Å². The maximum Gasteiger partial charge on any atom is 0.240 e. The first-order valence-corrected chi connectivity index (χ1v) is 7.09. The fourth-order valence-corrected chi connectivity index (χ4v) is 2.91. The molecular formula is C16H19N3O2. The molecule has 0 spiro atoms. The summed E-state index contributed by atoms with van der Waals surface area (Å²) in [4.78, 5) is 16.3. The minimum Gasteiger partial charge on any atom is -0.496 e. The largest absolute Gasteiger partial charge is 0.496 e. The van der Waals surface area contributed by atoms with Crippen LogP contribution in [0.25, 0.3) is 0 Å². The lowest BCUT2D eigenvalue weighted by Gasteiger charge is -2.13. The van der Waals surface area contributed by atoms with Gasteiger partial charge in [0.2, 0.25) is 5.91 Å². The molecule has 0 bridgehead atoms. The summed E-state index contributed by atoms with van der Waals surface area (Å²) >= 11 is 0. The fraction of sp³-hybridized carbons (Fsp3) is 0.375. The van der Waals surface area contributed by atoms with Gasteiger partial charge in [-0.2, -0.15) is 0 Å². The van der Waals surface area contributed by atoms with E-state index >= 15 is 0 Å². The second-order valence-corrected chi connectivity index (χ2v) is 5.37. The standard InChI is InChI=1S/C16H19N3O2/c1-11-17-6-7-19(11)10-16(20)18-13-8-12-4-3-5-15(21-2)14(12)9-13/h3-7,13H,8-10H2,1-2H3,(H,18,20). The number of aromatic nitrogens is 2. The summed E-state index contributed by atoms with van der Waals surface area (Å²) in [7, 11) is 1.68. The number of imidazole rings is 1. The molecule has 1 atom stereocenters. The van der Waals surface area contributed by atoms with E-state index in [1.807, 2.05) is 29.8 Å². The molecule has 1 heterocycles. The first-order chi connectivity index (χ1) is 10.2. The molecule has 1 aromatic heterocycles. The Morgan fingerprint density at radius 2 is 2.33 bits per heavy atom. The maximum absolute atomic E-state index is 12.1. The molecule has 1 aliphatic carbocycles. The number of carbonyl (C=O) groups excluding carboxylic acids is 1. The van der Waals surface area contributed by atoms with E-state index in [9.17, 15) is 4.79 Å². The highest BCUT2D eigenvalue weighted by atomic mass is 16.5. The van der Waals surface area contributed by atoms with Crippen LogP contribution in [0.1, 0.15) is 17.0 Å². The third-order valence-electron chi connectivity index (χ3n) is 3.97. The SMILES string of the molecule is COc1cccc2c1CC(NC(=O)Cn1ccnc1C)C2. The van der Waals surface area contributed by atoms with E-state index in [1.165, 1.54) is 11.1 Å². The highest BCUT2D eigenvalue weighted by molar-refractivity contribution is 5.76. The first kappa shape index (κ1) is 13.7. The summed E-state index contributed by atoms with van der Waals surface area (Å²) in [5.74, 6) is 1.78. The molecule has 1 unspecified atom stereocenters. The van der Waals surface area contributed by atoms with Crippen molar-refractivity contribution in [2.45, 2.75) is 32.4 Å². The van der Waals surface area contributed by atoms with Crippen molar-refractivity contribution >= 4 is 5.91 Å². The Balaban J connectivity index is 1.63. The summed E-state index contributed by atoms with van der Waals surface area (Å²) in [5.41, 5.74) is 2.47. The van der Waals surface area contributed by atoms with E-state index in [1.54, 1.807) is 13.3 Å². The lowest BCUT2D eigenvalue weighted by molar-refractivity contribution is -0.122. The van der Waals surface area contributed by atoms with Crippen LogP contribution in [0.2, 0.25) is 0 Å². The van der Waals surface area contributed by atoms with E-state index < -0.39 is 0 Å². The molecule has 5 heteroatoms. The van der Waals surface area contributed by atoms with Crippen molar-refractivity contribution in [3.8, 4) is 5.75 Å². The summed E-state index contributed by atoms with van der Waals surface area (Å²) in [5, 5.41) is 3.10. The molecule has 5 nitrogen and oxygen atoms in total. The monoisotopic (exact) mass is 285 g/mol. The Morgan fingerprint density at radius 1 is 1.48 bits per heavy atom. The molecule has 0 fully saturated rings. The van der Waals surface area contributed by atoms with Crippen LogP contribution >= 0.6 is 0 Å². The second-order valence-electron chi connectivity index (χ2n) is 5.37. The lowest BCUT2D eigenvalue weighted by Crippen LogP contribution is -2.37. The van der Waals surface area contributed by atoms with Crippen LogP contribution in [0, 0.1) is 6.92 Å². The van der Waals surface area contributed by atoms with Crippen molar-refractivity contribution < 1.29 is 9.53 Å². The molecule has 0 aliphatic heterocycles. The van der Waals surface area contributed by atoms with Gasteiger partial charge in [0.25, 0.3) is 0 Å². The first-order valence-electron chi connectivity index (χ1n) is 7.09. The Kier molecular flexibility index (Phi) is 3.64. The van der Waals surface area contributed by atoms with Crippen molar-refractivity contribution in [3.63, 3.8) is 0 Å². The van der Waals surface area contributed by atoms with E-state index in [-0.39, 0.29) is 11.9 Å². The van der Waals surface area contributed by atoms with Gasteiger partial charge in [0.1, 0.15) is 18.1 Å². The molecule has 21 heavy (non-hydrogen) atoms. The molecule has 1 amide bonds. The molecule has 1 N–H and O–H groups in total. The smallest absolute Gasteiger partial charge is 0.240 e. The van der Waals surface area contributed by atoms with Crippen molar-refractivity contribution in [2.24, 2.45) is 0 Å². The molecular weight excluding hydrogens is 266 g/mol. The quantitative estimate of drug-likeness (QED) is 0.926. The number of carbonyl (C=O) groups is 1. The fourth-order valence-electron chi connectivity index (χ4n) is 2.91. The molecule has 0 radical (unpaired) electrons. The third kappa shape index (κ3) is 2.77. The molecule has 0 saturated carbocycles. The predicted octanol–water partition coefficient (Wildman–Crippen LogP) is 1.48. The van der Waals surface area contributed by atoms with Crippen LogP contribution in [0.3, 0.4) is 0 Å². The zero-order chi connectivity index (χ0) is 14.8. The summed E-state index contributed by atoms with van der Waals surface area (Å²) < 4.78 is 7.23. The number of benzene rings is 1. The number of rotatable bonds is 4. The predicted molar refractivity (Wildman–Crippen MR) is 79.3 cm³/mol. The minimum absolute atomic E-state index is 0.0212. The number of nitrogens with one attached hydrogen (secondary N) is 1. The van der Waals surface area contributed by atoms with Crippen molar-refractivity contribution in [1.29, 1.82) is 0 Å². The average molecular weight is 285 g/mol. The molecule has 110 valence electrons. The summed E-state index contributed by atoms with van der Waals surface area (Å²) in [6, 6.07) is 6.21. The number of ether oxygens (including phenoxy) is 1. The van der Waals surface area contributed by atoms with Gasteiger partial charge in [0, 0.05) is 18.4 Å². The second kappa shape index (κ2) is 5.60. The number of nitrogens with zero attached hydrogens (tertiary/aromatic N) is 2. The summed E-state index contributed by atoms with van der Waals surface area (Å²) in [6.45, 7) is 2.21. The van der Waals surface area contributed by atoms with Gasteiger partial charge < -0.3 is 14.6 Å². The van der Waals surface area contributed by atoms with Gasteiger partial charge >= 0.3 is 0 Å². The maximum atomic E-state index is 12.1. The van der Waals surface area contributed by atoms with Gasteiger partial charge in [-0.15, -0.1) is 0 Å². The van der Waals surface area contributed by atoms with Gasteiger partial charge in [-0.3, -0.25) is 4.79 Å². The van der Waals surface area contributed by atoms with Crippen LogP contribution in [0.15, 0.2) is 30.6 Å². The van der Waals surface area contributed by atoms with Crippen LogP contribution < -0.4 is 10.1 Å². The van der Waals surface area contributed by atoms with Crippen LogP contribution in [-0.2, 0) is 24.2 Å². The van der Waals surface area contributed by atoms with E-state index in [0.717, 1.165) is 24.4 Å². The molecule has 1 aliphatic rings. The molecule has 3 rings (SSSR count). The van der Waals surface area contributed by atoms with Gasteiger partial charge in [-0.1, -0.05) is 12.1 Å². The number of hydrogen-bond acceptors (Lipinski definition) is 3. The minimum atomic E-state index is 0.0212. The van der Waals surface area contributed by atoms with Gasteiger partial charge in [0.05, 0.1) is 7.11 Å². The van der Waals surface area contributed by atoms with Crippen LogP contribution in [0.4, 0.5) is 0 Å².